The maximum Gasteiger partial charge on any atom is -0.00853 e. The average molecular weight is 539 g/mol. The smallest absolute Gasteiger partial charge is 0.00853 e. The number of hydrogen-bond donors (Lipinski definition) is 0. The quantitative estimate of drug-likeness (QED) is 0.113. The molecular formula is C39H70. The molecule has 6 atom stereocenters. The third kappa shape index (κ3) is 8.40. The molecule has 4 aliphatic rings. The minimum absolute atomic E-state index is 0.577. The minimum atomic E-state index is 0.577. The summed E-state index contributed by atoms with van der Waals surface area (Å²) in [5.74, 6) is 4.10. The van der Waals surface area contributed by atoms with Gasteiger partial charge in [-0.05, 0) is 92.3 Å². The lowest BCUT2D eigenvalue weighted by Crippen LogP contribution is -2.49. The number of rotatable bonds is 19. The summed E-state index contributed by atoms with van der Waals surface area (Å²) in [6, 6.07) is 0. The average Bonchev–Trinajstić information content (AvgIpc) is 3.28. The molecule has 3 fully saturated rings. The maximum atomic E-state index is 2.76. The van der Waals surface area contributed by atoms with Gasteiger partial charge in [-0.2, -0.15) is 0 Å². The van der Waals surface area contributed by atoms with Gasteiger partial charge >= 0.3 is 0 Å². The van der Waals surface area contributed by atoms with E-state index in [0.717, 1.165) is 23.7 Å². The highest BCUT2D eigenvalue weighted by Gasteiger charge is 2.57. The second-order valence-corrected chi connectivity index (χ2v) is 15.6. The van der Waals surface area contributed by atoms with Crippen molar-refractivity contribution in [3.63, 3.8) is 0 Å². The fraction of sp³-hybridized carbons (Fsp3) is 0.949. The van der Waals surface area contributed by atoms with Crippen molar-refractivity contribution >= 4 is 0 Å². The molecule has 0 aromatic carbocycles. The molecule has 0 aliphatic heterocycles. The molecule has 226 valence electrons. The molecule has 4 aliphatic carbocycles. The van der Waals surface area contributed by atoms with Gasteiger partial charge < -0.3 is 0 Å². The van der Waals surface area contributed by atoms with E-state index in [1.165, 1.54) is 148 Å². The molecule has 3 unspecified atom stereocenters. The second kappa shape index (κ2) is 16.4. The van der Waals surface area contributed by atoms with Gasteiger partial charge in [0, 0.05) is 0 Å². The van der Waals surface area contributed by atoms with E-state index in [0.29, 0.717) is 10.8 Å². The van der Waals surface area contributed by atoms with Gasteiger partial charge in [0.25, 0.3) is 0 Å². The third-order valence-corrected chi connectivity index (χ3v) is 13.1. The van der Waals surface area contributed by atoms with E-state index in [-0.39, 0.29) is 0 Å². The van der Waals surface area contributed by atoms with Crippen LogP contribution >= 0.6 is 0 Å². The molecule has 0 N–H and O–H groups in total. The van der Waals surface area contributed by atoms with E-state index in [1.54, 1.807) is 32.1 Å². The van der Waals surface area contributed by atoms with Crippen LogP contribution in [0, 0.1) is 34.5 Å². The Labute approximate surface area is 246 Å². The Morgan fingerprint density at radius 2 is 1.18 bits per heavy atom. The van der Waals surface area contributed by atoms with E-state index in [4.69, 9.17) is 0 Å². The molecule has 0 heterocycles. The predicted molar refractivity (Wildman–Crippen MR) is 173 cm³/mol. The van der Waals surface area contributed by atoms with Crippen molar-refractivity contribution in [2.24, 2.45) is 34.5 Å². The van der Waals surface area contributed by atoms with Crippen molar-refractivity contribution in [1.29, 1.82) is 0 Å². The van der Waals surface area contributed by atoms with Gasteiger partial charge in [0.2, 0.25) is 0 Å². The van der Waals surface area contributed by atoms with Crippen molar-refractivity contribution in [3.8, 4) is 0 Å². The summed E-state index contributed by atoms with van der Waals surface area (Å²) in [7, 11) is 0. The van der Waals surface area contributed by atoms with Crippen LogP contribution in [0.2, 0.25) is 0 Å². The van der Waals surface area contributed by atoms with Crippen LogP contribution in [-0.4, -0.2) is 0 Å². The van der Waals surface area contributed by atoms with Gasteiger partial charge in [-0.1, -0.05) is 154 Å². The topological polar surface area (TPSA) is 0 Å². The van der Waals surface area contributed by atoms with E-state index in [1.807, 2.05) is 5.57 Å². The summed E-state index contributed by atoms with van der Waals surface area (Å²) in [5, 5.41) is 0. The summed E-state index contributed by atoms with van der Waals surface area (Å²) in [6.07, 6.45) is 44.5. The molecule has 0 spiro atoms. The van der Waals surface area contributed by atoms with Crippen LogP contribution in [-0.2, 0) is 0 Å². The zero-order chi connectivity index (χ0) is 27.4. The normalized spacial score (nSPS) is 33.9. The summed E-state index contributed by atoms with van der Waals surface area (Å²) < 4.78 is 0. The highest BCUT2D eigenvalue weighted by atomic mass is 14.6. The van der Waals surface area contributed by atoms with E-state index < -0.39 is 0 Å². The molecule has 0 amide bonds. The lowest BCUT2D eigenvalue weighted by atomic mass is 9.47. The monoisotopic (exact) mass is 539 g/mol. The molecule has 0 radical (unpaired) electrons. The summed E-state index contributed by atoms with van der Waals surface area (Å²) in [6.45, 7) is 7.75. The zero-order valence-corrected chi connectivity index (χ0v) is 27.2. The van der Waals surface area contributed by atoms with Crippen LogP contribution in [0.25, 0.3) is 0 Å². The fourth-order valence-corrected chi connectivity index (χ4v) is 10.6. The van der Waals surface area contributed by atoms with Gasteiger partial charge in [0.05, 0.1) is 0 Å². The molecule has 3 saturated carbocycles. The Bertz CT molecular complexity index is 703. The van der Waals surface area contributed by atoms with Gasteiger partial charge in [-0.25, -0.2) is 0 Å². The van der Waals surface area contributed by atoms with Crippen LogP contribution in [0.3, 0.4) is 0 Å². The summed E-state index contributed by atoms with van der Waals surface area (Å²) in [5.41, 5.74) is 3.13. The van der Waals surface area contributed by atoms with Crippen LogP contribution < -0.4 is 0 Å². The number of fused-ring (bicyclic) bond motifs is 5. The highest BCUT2D eigenvalue weighted by molar-refractivity contribution is 5.24. The first-order chi connectivity index (χ1) is 19.1. The van der Waals surface area contributed by atoms with E-state index in [2.05, 4.69) is 26.8 Å². The Morgan fingerprint density at radius 3 is 1.77 bits per heavy atom. The molecule has 0 nitrogen and oxygen atoms in total. The Hall–Kier alpha value is -0.260. The lowest BCUT2D eigenvalue weighted by Gasteiger charge is -2.57. The van der Waals surface area contributed by atoms with Gasteiger partial charge in [-0.3, -0.25) is 0 Å². The molecule has 0 heteroatoms. The Kier molecular flexibility index (Phi) is 13.3. The highest BCUT2D eigenvalue weighted by Crippen LogP contribution is 2.66. The summed E-state index contributed by atoms with van der Waals surface area (Å²) >= 11 is 0. The van der Waals surface area contributed by atoms with Gasteiger partial charge in [0.1, 0.15) is 0 Å². The van der Waals surface area contributed by atoms with Gasteiger partial charge in [-0.15, -0.1) is 0 Å². The molecular weight excluding hydrogens is 468 g/mol. The van der Waals surface area contributed by atoms with Crippen LogP contribution in [0.5, 0.6) is 0 Å². The van der Waals surface area contributed by atoms with E-state index >= 15 is 0 Å². The molecule has 0 bridgehead atoms. The first-order valence-electron chi connectivity index (χ1n) is 18.8. The number of hydrogen-bond acceptors (Lipinski definition) is 0. The van der Waals surface area contributed by atoms with Crippen molar-refractivity contribution in [3.05, 3.63) is 11.6 Å². The second-order valence-electron chi connectivity index (χ2n) is 15.6. The SMILES string of the molecule is CCCCCCCCCCCCCCCCCCCC[C@H]1CC[C@H]2C3CC=C4CCCCC4(C)[C@H]3CCC12C. The molecule has 39 heavy (non-hydrogen) atoms. The Balaban J connectivity index is 1.00. The van der Waals surface area contributed by atoms with Crippen LogP contribution in [0.1, 0.15) is 201 Å². The van der Waals surface area contributed by atoms with Crippen LogP contribution in [0.4, 0.5) is 0 Å². The first-order valence-corrected chi connectivity index (χ1v) is 18.8. The lowest BCUT2D eigenvalue weighted by molar-refractivity contribution is -0.0425. The van der Waals surface area contributed by atoms with Crippen molar-refractivity contribution in [2.75, 3.05) is 0 Å². The summed E-state index contributed by atoms with van der Waals surface area (Å²) in [4.78, 5) is 0. The van der Waals surface area contributed by atoms with Crippen molar-refractivity contribution in [2.45, 2.75) is 201 Å². The number of unbranched alkanes of at least 4 members (excludes halogenated alkanes) is 17. The standard InChI is InChI=1S/C39H70/c1-4-5-6-7-8-9-10-11-12-13-14-15-16-17-18-19-20-21-24-34-27-29-36-35-28-26-33-25-22-23-31-38(33,2)37(35)30-32-39(34,36)3/h26,34-37H,4-25,27-32H2,1-3H3/t34-,35?,36-,37-,38?,39?/m0/s1. The molecule has 0 saturated heterocycles. The van der Waals surface area contributed by atoms with Gasteiger partial charge in [0.15, 0.2) is 0 Å². The van der Waals surface area contributed by atoms with Crippen molar-refractivity contribution in [1.82, 2.24) is 0 Å². The number of allylic oxidation sites excluding steroid dienone is 2. The fourth-order valence-electron chi connectivity index (χ4n) is 10.6. The first kappa shape index (κ1) is 31.7. The minimum Gasteiger partial charge on any atom is -0.0845 e. The maximum absolute atomic E-state index is 2.76. The Morgan fingerprint density at radius 1 is 0.615 bits per heavy atom. The molecule has 4 rings (SSSR count). The largest absolute Gasteiger partial charge is 0.0845 e. The molecule has 0 aromatic rings. The third-order valence-electron chi connectivity index (χ3n) is 13.1. The van der Waals surface area contributed by atoms with Crippen molar-refractivity contribution < 1.29 is 0 Å². The zero-order valence-electron chi connectivity index (χ0n) is 27.2. The predicted octanol–water partition coefficient (Wildman–Crippen LogP) is 13.4. The molecule has 0 aromatic heterocycles. The van der Waals surface area contributed by atoms with Crippen LogP contribution in [0.15, 0.2) is 11.6 Å². The van der Waals surface area contributed by atoms with E-state index in [9.17, 15) is 0 Å².